The SMILES string of the molecule is Cc1ccc2oc(C(=O)C3=C(O)C(=O)N(CCN4CCOCC4)C3c3ccc(C(C)(C)C)cc3)cc2c1. The molecule has 0 aliphatic carbocycles. The first-order chi connectivity index (χ1) is 17.6. The topological polar surface area (TPSA) is 83.2 Å². The fraction of sp³-hybridized carbons (Fsp3) is 0.400. The number of ketones is 1. The third kappa shape index (κ3) is 4.93. The first-order valence-electron chi connectivity index (χ1n) is 12.8. The Bertz CT molecular complexity index is 1360. The van der Waals surface area contributed by atoms with E-state index in [0.717, 1.165) is 35.2 Å². The largest absolute Gasteiger partial charge is 0.503 e. The van der Waals surface area contributed by atoms with E-state index in [4.69, 9.17) is 9.15 Å². The van der Waals surface area contributed by atoms with Crippen molar-refractivity contribution in [2.24, 2.45) is 0 Å². The molecular formula is C30H34N2O5. The van der Waals surface area contributed by atoms with Gasteiger partial charge in [0.2, 0.25) is 5.78 Å². The molecule has 1 aromatic heterocycles. The lowest BCUT2D eigenvalue weighted by atomic mass is 9.85. The Morgan fingerprint density at radius 3 is 2.41 bits per heavy atom. The number of nitrogens with zero attached hydrogens (tertiary/aromatic N) is 2. The number of hydrogen-bond acceptors (Lipinski definition) is 6. The predicted octanol–water partition coefficient (Wildman–Crippen LogP) is 4.95. The van der Waals surface area contributed by atoms with Crippen LogP contribution in [0.3, 0.4) is 0 Å². The summed E-state index contributed by atoms with van der Waals surface area (Å²) >= 11 is 0. The van der Waals surface area contributed by atoms with Crippen LogP contribution >= 0.6 is 0 Å². The molecule has 1 unspecified atom stereocenters. The minimum atomic E-state index is -0.704. The highest BCUT2D eigenvalue weighted by atomic mass is 16.5. The van der Waals surface area contributed by atoms with Crippen molar-refractivity contribution in [2.75, 3.05) is 39.4 Å². The van der Waals surface area contributed by atoms with Crippen LogP contribution in [0.1, 0.15) is 54.1 Å². The highest BCUT2D eigenvalue weighted by molar-refractivity contribution is 6.16. The second kappa shape index (κ2) is 9.80. The molecule has 37 heavy (non-hydrogen) atoms. The van der Waals surface area contributed by atoms with E-state index in [1.165, 1.54) is 0 Å². The average Bonchev–Trinajstić information content (AvgIpc) is 3.41. The second-order valence-electron chi connectivity index (χ2n) is 11.0. The molecule has 1 fully saturated rings. The second-order valence-corrected chi connectivity index (χ2v) is 11.0. The number of fused-ring (bicyclic) bond motifs is 1. The number of aryl methyl sites for hydroxylation is 1. The monoisotopic (exact) mass is 502 g/mol. The van der Waals surface area contributed by atoms with Gasteiger partial charge in [-0.2, -0.15) is 0 Å². The summed E-state index contributed by atoms with van der Waals surface area (Å²) in [5.74, 6) is -1.40. The summed E-state index contributed by atoms with van der Waals surface area (Å²) < 4.78 is 11.3. The maximum absolute atomic E-state index is 13.8. The molecule has 7 heteroatoms. The minimum Gasteiger partial charge on any atom is -0.503 e. The van der Waals surface area contributed by atoms with Gasteiger partial charge in [-0.25, -0.2) is 0 Å². The molecule has 1 atom stereocenters. The number of Topliss-reactive ketones (excluding diaryl/α,β-unsaturated/α-hetero) is 1. The van der Waals surface area contributed by atoms with Crippen LogP contribution in [0.4, 0.5) is 0 Å². The number of rotatable bonds is 6. The zero-order chi connectivity index (χ0) is 26.3. The number of carbonyl (C=O) groups excluding carboxylic acids is 2. The summed E-state index contributed by atoms with van der Waals surface area (Å²) in [5.41, 5.74) is 3.59. The van der Waals surface area contributed by atoms with Crippen LogP contribution in [0.25, 0.3) is 11.0 Å². The number of aliphatic hydroxyl groups excluding tert-OH is 1. The molecule has 2 aliphatic heterocycles. The molecule has 0 spiro atoms. The lowest BCUT2D eigenvalue weighted by Crippen LogP contribution is -2.43. The van der Waals surface area contributed by atoms with Gasteiger partial charge in [-0.1, -0.05) is 56.7 Å². The van der Waals surface area contributed by atoms with Gasteiger partial charge in [-0.05, 0) is 41.7 Å². The molecule has 2 aromatic carbocycles. The number of hydrogen-bond donors (Lipinski definition) is 1. The lowest BCUT2D eigenvalue weighted by molar-refractivity contribution is -0.129. The summed E-state index contributed by atoms with van der Waals surface area (Å²) in [4.78, 5) is 31.0. The van der Waals surface area contributed by atoms with Crippen LogP contribution in [0.2, 0.25) is 0 Å². The zero-order valence-corrected chi connectivity index (χ0v) is 21.9. The van der Waals surface area contributed by atoms with E-state index < -0.39 is 23.5 Å². The van der Waals surface area contributed by atoms with Crippen molar-refractivity contribution in [3.63, 3.8) is 0 Å². The summed E-state index contributed by atoms with van der Waals surface area (Å²) in [6.45, 7) is 12.3. The molecule has 7 nitrogen and oxygen atoms in total. The molecule has 3 aromatic rings. The van der Waals surface area contributed by atoms with Crippen molar-refractivity contribution < 1.29 is 23.8 Å². The number of ether oxygens (including phenoxy) is 1. The van der Waals surface area contributed by atoms with Crippen LogP contribution in [0.5, 0.6) is 0 Å². The molecule has 1 N–H and O–H groups in total. The summed E-state index contributed by atoms with van der Waals surface area (Å²) in [7, 11) is 0. The highest BCUT2D eigenvalue weighted by Gasteiger charge is 2.44. The Labute approximate surface area is 217 Å². The number of benzene rings is 2. The van der Waals surface area contributed by atoms with Gasteiger partial charge in [-0.15, -0.1) is 0 Å². The smallest absolute Gasteiger partial charge is 0.290 e. The highest BCUT2D eigenvalue weighted by Crippen LogP contribution is 2.40. The summed E-state index contributed by atoms with van der Waals surface area (Å²) in [5, 5.41) is 11.8. The van der Waals surface area contributed by atoms with Crippen LogP contribution < -0.4 is 0 Å². The summed E-state index contributed by atoms with van der Waals surface area (Å²) in [6.07, 6.45) is 0. The van der Waals surface area contributed by atoms with E-state index in [-0.39, 0.29) is 16.7 Å². The van der Waals surface area contributed by atoms with E-state index in [2.05, 4.69) is 25.7 Å². The van der Waals surface area contributed by atoms with Crippen molar-refractivity contribution in [1.29, 1.82) is 0 Å². The number of furan rings is 1. The van der Waals surface area contributed by atoms with Crippen LogP contribution in [-0.2, 0) is 14.9 Å². The Morgan fingerprint density at radius 2 is 1.73 bits per heavy atom. The van der Waals surface area contributed by atoms with Gasteiger partial charge in [0.15, 0.2) is 11.5 Å². The van der Waals surface area contributed by atoms with Gasteiger partial charge in [0.1, 0.15) is 5.58 Å². The third-order valence-electron chi connectivity index (χ3n) is 7.30. The molecule has 2 aliphatic rings. The first kappa shape index (κ1) is 25.2. The van der Waals surface area contributed by atoms with Crippen LogP contribution in [-0.4, -0.2) is 66.0 Å². The van der Waals surface area contributed by atoms with Crippen LogP contribution in [0.15, 0.2) is 64.3 Å². The van der Waals surface area contributed by atoms with Crippen molar-refractivity contribution in [3.05, 3.63) is 82.3 Å². The number of morpholine rings is 1. The van der Waals surface area contributed by atoms with Gasteiger partial charge in [0.25, 0.3) is 5.91 Å². The first-order valence-corrected chi connectivity index (χ1v) is 12.8. The Hall–Kier alpha value is -3.42. The normalized spacial score (nSPS) is 19.3. The predicted molar refractivity (Wildman–Crippen MR) is 142 cm³/mol. The number of amides is 1. The maximum Gasteiger partial charge on any atom is 0.290 e. The molecule has 0 radical (unpaired) electrons. The molecule has 5 rings (SSSR count). The van der Waals surface area contributed by atoms with Crippen molar-refractivity contribution in [2.45, 2.75) is 39.2 Å². The summed E-state index contributed by atoms with van der Waals surface area (Å²) in [6, 6.07) is 14.6. The molecule has 0 bridgehead atoms. The zero-order valence-electron chi connectivity index (χ0n) is 21.9. The molecule has 0 saturated carbocycles. The molecule has 3 heterocycles. The average molecular weight is 503 g/mol. The van der Waals surface area contributed by atoms with Crippen LogP contribution in [0, 0.1) is 6.92 Å². The standard InChI is InChI=1S/C30H34N2O5/c1-19-5-10-23-21(17-19)18-24(37-23)27(33)25-26(20-6-8-22(9-7-20)30(2,3)4)32(29(35)28(25)34)12-11-31-13-15-36-16-14-31/h5-10,17-18,26,34H,11-16H2,1-4H3. The maximum atomic E-state index is 13.8. The fourth-order valence-corrected chi connectivity index (χ4v) is 5.11. The molecule has 1 amide bonds. The van der Waals surface area contributed by atoms with E-state index in [9.17, 15) is 14.7 Å². The van der Waals surface area contributed by atoms with Crippen molar-refractivity contribution >= 4 is 22.7 Å². The van der Waals surface area contributed by atoms with E-state index in [0.29, 0.717) is 31.9 Å². The van der Waals surface area contributed by atoms with Crippen molar-refractivity contribution in [3.8, 4) is 0 Å². The van der Waals surface area contributed by atoms with E-state index >= 15 is 0 Å². The van der Waals surface area contributed by atoms with Gasteiger partial charge < -0.3 is 19.2 Å². The van der Waals surface area contributed by atoms with Gasteiger partial charge in [0.05, 0.1) is 24.8 Å². The molecule has 1 saturated heterocycles. The van der Waals surface area contributed by atoms with E-state index in [1.807, 2.05) is 49.4 Å². The van der Waals surface area contributed by atoms with Crippen molar-refractivity contribution in [1.82, 2.24) is 9.80 Å². The van der Waals surface area contributed by atoms with Gasteiger partial charge >= 0.3 is 0 Å². The lowest BCUT2D eigenvalue weighted by Gasteiger charge is -2.32. The Balaban J connectivity index is 1.52. The quantitative estimate of drug-likeness (QED) is 0.481. The van der Waals surface area contributed by atoms with E-state index in [1.54, 1.807) is 11.0 Å². The third-order valence-corrected chi connectivity index (χ3v) is 7.30. The van der Waals surface area contributed by atoms with Gasteiger partial charge in [0, 0.05) is 31.6 Å². The number of aliphatic hydroxyl groups is 1. The Morgan fingerprint density at radius 1 is 1.03 bits per heavy atom. The van der Waals surface area contributed by atoms with Gasteiger partial charge in [-0.3, -0.25) is 14.5 Å². The molecular weight excluding hydrogens is 468 g/mol. The minimum absolute atomic E-state index is 0.0386. The Kier molecular flexibility index (Phi) is 6.68. The molecule has 194 valence electrons. The number of carbonyl (C=O) groups is 2. The fourth-order valence-electron chi connectivity index (χ4n) is 5.11.